The Bertz CT molecular complexity index is 220. The van der Waals surface area contributed by atoms with Gasteiger partial charge in [0.2, 0.25) is 0 Å². The zero-order valence-electron chi connectivity index (χ0n) is 7.09. The molecule has 0 aromatic heterocycles. The van der Waals surface area contributed by atoms with Crippen molar-refractivity contribution < 1.29 is 14.3 Å². The van der Waals surface area contributed by atoms with E-state index in [1.807, 2.05) is 6.92 Å². The predicted octanol–water partition coefficient (Wildman–Crippen LogP) is 1.29. The van der Waals surface area contributed by atoms with Crippen molar-refractivity contribution in [2.75, 3.05) is 7.11 Å². The van der Waals surface area contributed by atoms with Gasteiger partial charge in [-0.2, -0.15) is 0 Å². The molecule has 3 nitrogen and oxygen atoms in total. The highest BCUT2D eigenvalue weighted by Crippen LogP contribution is 2.47. The lowest BCUT2D eigenvalue weighted by Gasteiger charge is -2.10. The van der Waals surface area contributed by atoms with E-state index in [4.69, 9.17) is 0 Å². The maximum absolute atomic E-state index is 11.5. The Morgan fingerprint density at radius 3 is 2.33 bits per heavy atom. The molecule has 4 heteroatoms. The SMILES string of the molecule is COC(=O)C(Br)C(=O)C1(C)CC1. The molecule has 0 aromatic rings. The normalized spacial score (nSPS) is 21.2. The summed E-state index contributed by atoms with van der Waals surface area (Å²) in [6, 6.07) is 0. The maximum atomic E-state index is 11.5. The summed E-state index contributed by atoms with van der Waals surface area (Å²) in [7, 11) is 1.28. The third-order valence-corrected chi connectivity index (χ3v) is 3.02. The zero-order chi connectivity index (χ0) is 9.35. The van der Waals surface area contributed by atoms with Crippen molar-refractivity contribution in [3.63, 3.8) is 0 Å². The minimum Gasteiger partial charge on any atom is -0.468 e. The summed E-state index contributed by atoms with van der Waals surface area (Å²) in [4.78, 5) is 21.6. The lowest BCUT2D eigenvalue weighted by molar-refractivity contribution is -0.143. The van der Waals surface area contributed by atoms with Crippen LogP contribution >= 0.6 is 15.9 Å². The highest BCUT2D eigenvalue weighted by molar-refractivity contribution is 9.10. The molecule has 1 unspecified atom stereocenters. The minimum absolute atomic E-state index is 0.0608. The zero-order valence-corrected chi connectivity index (χ0v) is 8.68. The molecule has 1 saturated carbocycles. The Morgan fingerprint density at radius 2 is 2.00 bits per heavy atom. The standard InChI is InChI=1S/C8H11BrO3/c1-8(3-4-8)6(10)5(9)7(11)12-2/h5H,3-4H2,1-2H3. The number of carbonyl (C=O) groups is 2. The van der Waals surface area contributed by atoms with E-state index in [2.05, 4.69) is 20.7 Å². The van der Waals surface area contributed by atoms with Gasteiger partial charge in [-0.25, -0.2) is 0 Å². The van der Waals surface area contributed by atoms with Crippen molar-refractivity contribution in [3.05, 3.63) is 0 Å². The number of ketones is 1. The van der Waals surface area contributed by atoms with E-state index in [0.717, 1.165) is 12.8 Å². The Morgan fingerprint density at radius 1 is 1.50 bits per heavy atom. The molecule has 0 aliphatic heterocycles. The first-order valence-electron chi connectivity index (χ1n) is 3.77. The van der Waals surface area contributed by atoms with Crippen molar-refractivity contribution in [2.45, 2.75) is 24.6 Å². The van der Waals surface area contributed by atoms with E-state index >= 15 is 0 Å². The van der Waals surface area contributed by atoms with Gasteiger partial charge in [0.15, 0.2) is 10.6 Å². The second-order valence-corrected chi connectivity index (χ2v) is 4.23. The van der Waals surface area contributed by atoms with Crippen molar-refractivity contribution in [1.82, 2.24) is 0 Å². The molecular weight excluding hydrogens is 224 g/mol. The van der Waals surface area contributed by atoms with Crippen LogP contribution in [0.3, 0.4) is 0 Å². The van der Waals surface area contributed by atoms with Crippen LogP contribution < -0.4 is 0 Å². The van der Waals surface area contributed by atoms with Gasteiger partial charge in [-0.05, 0) is 12.8 Å². The molecule has 0 spiro atoms. The fraction of sp³-hybridized carbons (Fsp3) is 0.750. The van der Waals surface area contributed by atoms with E-state index < -0.39 is 10.8 Å². The minimum atomic E-state index is -0.782. The van der Waals surface area contributed by atoms with Crippen molar-refractivity contribution >= 4 is 27.7 Å². The van der Waals surface area contributed by atoms with Crippen molar-refractivity contribution in [1.29, 1.82) is 0 Å². The lowest BCUT2D eigenvalue weighted by Crippen LogP contribution is -2.30. The van der Waals surface area contributed by atoms with E-state index in [0.29, 0.717) is 0 Å². The summed E-state index contributed by atoms with van der Waals surface area (Å²) in [5.41, 5.74) is -0.275. The molecule has 0 saturated heterocycles. The van der Waals surface area contributed by atoms with Gasteiger partial charge in [0.25, 0.3) is 0 Å². The first kappa shape index (κ1) is 9.71. The first-order valence-corrected chi connectivity index (χ1v) is 4.69. The topological polar surface area (TPSA) is 43.4 Å². The summed E-state index contributed by atoms with van der Waals surface area (Å²) in [6.45, 7) is 1.87. The fourth-order valence-corrected chi connectivity index (χ4v) is 1.69. The average Bonchev–Trinajstić information content (AvgIpc) is 2.81. The van der Waals surface area contributed by atoms with Crippen LogP contribution in [0, 0.1) is 5.41 Å². The number of rotatable bonds is 3. The van der Waals surface area contributed by atoms with Crippen LogP contribution in [0.4, 0.5) is 0 Å². The Labute approximate surface area is 79.6 Å². The molecule has 12 heavy (non-hydrogen) atoms. The van der Waals surface area contributed by atoms with Crippen LogP contribution in [-0.4, -0.2) is 23.7 Å². The number of alkyl halides is 1. The monoisotopic (exact) mass is 234 g/mol. The third kappa shape index (κ3) is 1.68. The summed E-state index contributed by atoms with van der Waals surface area (Å²) >= 11 is 3.02. The van der Waals surface area contributed by atoms with Crippen LogP contribution in [-0.2, 0) is 14.3 Å². The summed E-state index contributed by atoms with van der Waals surface area (Å²) in [5, 5.41) is 0. The second-order valence-electron chi connectivity index (χ2n) is 3.31. The molecule has 0 bridgehead atoms. The van der Waals surface area contributed by atoms with Crippen LogP contribution in [0.25, 0.3) is 0 Å². The predicted molar refractivity (Wildman–Crippen MR) is 47.1 cm³/mol. The molecule has 0 aromatic carbocycles. The van der Waals surface area contributed by atoms with E-state index in [-0.39, 0.29) is 11.2 Å². The van der Waals surface area contributed by atoms with E-state index in [9.17, 15) is 9.59 Å². The summed E-state index contributed by atoms with van der Waals surface area (Å²) in [6.07, 6.45) is 1.76. The maximum Gasteiger partial charge on any atom is 0.327 e. The highest BCUT2D eigenvalue weighted by atomic mass is 79.9. The van der Waals surface area contributed by atoms with Crippen molar-refractivity contribution in [2.24, 2.45) is 5.41 Å². The second kappa shape index (κ2) is 3.17. The molecule has 1 aliphatic rings. The lowest BCUT2D eigenvalue weighted by atomic mass is 10.0. The fourth-order valence-electron chi connectivity index (χ4n) is 0.950. The van der Waals surface area contributed by atoms with Crippen LogP contribution in [0.15, 0.2) is 0 Å². The number of carbonyl (C=O) groups excluding carboxylic acids is 2. The van der Waals surface area contributed by atoms with Gasteiger partial charge in [0, 0.05) is 5.41 Å². The van der Waals surface area contributed by atoms with E-state index in [1.54, 1.807) is 0 Å². The number of Topliss-reactive ketones (excluding diaryl/α,β-unsaturated/α-hetero) is 1. The molecule has 68 valence electrons. The van der Waals surface area contributed by atoms with Crippen molar-refractivity contribution in [3.8, 4) is 0 Å². The number of esters is 1. The highest BCUT2D eigenvalue weighted by Gasteiger charge is 2.48. The summed E-state index contributed by atoms with van der Waals surface area (Å²) < 4.78 is 4.45. The molecule has 1 atom stereocenters. The van der Waals surface area contributed by atoms with E-state index in [1.165, 1.54) is 7.11 Å². The number of halogens is 1. The van der Waals surface area contributed by atoms with Gasteiger partial charge >= 0.3 is 5.97 Å². The van der Waals surface area contributed by atoms with Gasteiger partial charge in [-0.1, -0.05) is 22.9 Å². The molecular formula is C8H11BrO3. The Hall–Kier alpha value is -0.380. The van der Waals surface area contributed by atoms with Gasteiger partial charge in [-0.15, -0.1) is 0 Å². The Balaban J connectivity index is 2.58. The molecule has 0 amide bonds. The molecule has 0 heterocycles. The van der Waals surface area contributed by atoms with Gasteiger partial charge in [0.05, 0.1) is 7.11 Å². The van der Waals surface area contributed by atoms with Crippen LogP contribution in [0.2, 0.25) is 0 Å². The largest absolute Gasteiger partial charge is 0.468 e. The Kier molecular flexibility index (Phi) is 2.56. The number of hydrogen-bond acceptors (Lipinski definition) is 3. The van der Waals surface area contributed by atoms with Crippen LogP contribution in [0.1, 0.15) is 19.8 Å². The molecule has 1 aliphatic carbocycles. The molecule has 0 N–H and O–H groups in total. The smallest absolute Gasteiger partial charge is 0.327 e. The average molecular weight is 235 g/mol. The molecule has 0 radical (unpaired) electrons. The quantitative estimate of drug-likeness (QED) is 0.420. The number of ether oxygens (including phenoxy) is 1. The van der Waals surface area contributed by atoms with Gasteiger partial charge < -0.3 is 4.74 Å². The third-order valence-electron chi connectivity index (χ3n) is 2.23. The first-order chi connectivity index (χ1) is 5.51. The number of hydrogen-bond donors (Lipinski definition) is 0. The number of methoxy groups -OCH3 is 1. The molecule has 1 rings (SSSR count). The molecule has 1 fully saturated rings. The van der Waals surface area contributed by atoms with Gasteiger partial charge in [0.1, 0.15) is 0 Å². The summed E-state index contributed by atoms with van der Waals surface area (Å²) in [5.74, 6) is -0.567. The van der Waals surface area contributed by atoms with Crippen LogP contribution in [0.5, 0.6) is 0 Å². The van der Waals surface area contributed by atoms with Gasteiger partial charge in [-0.3, -0.25) is 9.59 Å².